The van der Waals surface area contributed by atoms with Gasteiger partial charge in [0.15, 0.2) is 10.2 Å². The van der Waals surface area contributed by atoms with E-state index in [0.29, 0.717) is 10.2 Å². The maximum absolute atomic E-state index is 10.6. The van der Waals surface area contributed by atoms with Gasteiger partial charge in [0, 0.05) is 12.4 Å². The fourth-order valence-electron chi connectivity index (χ4n) is 1.01. The molecule has 2 aromatic heterocycles. The van der Waals surface area contributed by atoms with Crippen molar-refractivity contribution in [3.8, 4) is 0 Å². The van der Waals surface area contributed by atoms with Crippen molar-refractivity contribution in [2.75, 3.05) is 0 Å². The second kappa shape index (κ2) is 4.36. The van der Waals surface area contributed by atoms with Gasteiger partial charge in [-0.1, -0.05) is 0 Å². The Morgan fingerprint density at radius 2 is 2.06 bits per heavy atom. The maximum atomic E-state index is 10.6. The van der Waals surface area contributed by atoms with Crippen LogP contribution in [-0.4, -0.2) is 21.0 Å². The molecule has 0 amide bonds. The lowest BCUT2D eigenvalue weighted by atomic mass is 10.4. The number of aryl methyl sites for hydroxylation is 1. The van der Waals surface area contributed by atoms with Crippen molar-refractivity contribution in [3.05, 3.63) is 35.9 Å². The van der Waals surface area contributed by atoms with Crippen LogP contribution in [0.15, 0.2) is 39.2 Å². The summed E-state index contributed by atoms with van der Waals surface area (Å²) in [7, 11) is 0. The molecule has 2 rings (SSSR count). The fraction of sp³-hybridized carbons (Fsp3) is 0.100. The SMILES string of the molecule is Cc1cnc(Sc2ccc(C(=O)O)o2)nc1. The zero-order valence-electron chi connectivity index (χ0n) is 8.38. The summed E-state index contributed by atoms with van der Waals surface area (Å²) in [5.74, 6) is -1.17. The third-order valence-electron chi connectivity index (χ3n) is 1.74. The molecule has 0 bridgehead atoms. The molecule has 0 aliphatic heterocycles. The highest BCUT2D eigenvalue weighted by Crippen LogP contribution is 2.26. The molecule has 6 heteroatoms. The molecule has 0 atom stereocenters. The van der Waals surface area contributed by atoms with Gasteiger partial charge in [0.1, 0.15) is 0 Å². The fourth-order valence-corrected chi connectivity index (χ4v) is 1.67. The number of furan rings is 1. The third kappa shape index (κ3) is 2.40. The van der Waals surface area contributed by atoms with Gasteiger partial charge in [-0.2, -0.15) is 0 Å². The largest absolute Gasteiger partial charge is 0.475 e. The highest BCUT2D eigenvalue weighted by molar-refractivity contribution is 7.99. The standard InChI is InChI=1S/C10H8N2O3S/c1-6-4-11-10(12-5-6)16-8-3-2-7(15-8)9(13)14/h2-5H,1H3,(H,13,14). The molecule has 5 nitrogen and oxygen atoms in total. The van der Waals surface area contributed by atoms with Crippen molar-refractivity contribution in [3.63, 3.8) is 0 Å². The Morgan fingerprint density at radius 1 is 1.38 bits per heavy atom. The van der Waals surface area contributed by atoms with Crippen LogP contribution in [0.3, 0.4) is 0 Å². The minimum absolute atomic E-state index is 0.0883. The van der Waals surface area contributed by atoms with E-state index in [0.717, 1.165) is 5.56 Å². The van der Waals surface area contributed by atoms with Gasteiger partial charge in [-0.05, 0) is 36.4 Å². The number of rotatable bonds is 3. The molecule has 0 saturated heterocycles. The second-order valence-corrected chi connectivity index (χ2v) is 4.04. The van der Waals surface area contributed by atoms with Crippen LogP contribution in [0.2, 0.25) is 0 Å². The van der Waals surface area contributed by atoms with Crippen molar-refractivity contribution in [2.45, 2.75) is 17.2 Å². The van der Waals surface area contributed by atoms with E-state index in [9.17, 15) is 4.79 Å². The van der Waals surface area contributed by atoms with Crippen LogP contribution in [-0.2, 0) is 0 Å². The smallest absolute Gasteiger partial charge is 0.371 e. The predicted octanol–water partition coefficient (Wildman–Crippen LogP) is 2.23. The molecule has 1 N–H and O–H groups in total. The summed E-state index contributed by atoms with van der Waals surface area (Å²) >= 11 is 1.18. The van der Waals surface area contributed by atoms with E-state index in [1.807, 2.05) is 6.92 Å². The lowest BCUT2D eigenvalue weighted by Crippen LogP contribution is -1.91. The molecule has 0 spiro atoms. The molecule has 0 fully saturated rings. The molecule has 2 heterocycles. The highest BCUT2D eigenvalue weighted by atomic mass is 32.2. The third-order valence-corrected chi connectivity index (χ3v) is 2.56. The number of nitrogens with zero attached hydrogens (tertiary/aromatic N) is 2. The minimum Gasteiger partial charge on any atom is -0.475 e. The second-order valence-electron chi connectivity index (χ2n) is 3.07. The number of carbonyl (C=O) groups is 1. The first-order chi connectivity index (χ1) is 7.65. The van der Waals surface area contributed by atoms with E-state index in [4.69, 9.17) is 9.52 Å². The molecule has 0 aliphatic carbocycles. The van der Waals surface area contributed by atoms with Crippen LogP contribution in [0.4, 0.5) is 0 Å². The van der Waals surface area contributed by atoms with E-state index in [1.54, 1.807) is 18.5 Å². The zero-order valence-corrected chi connectivity index (χ0v) is 9.19. The molecule has 0 saturated carbocycles. The molecule has 0 radical (unpaired) electrons. The lowest BCUT2D eigenvalue weighted by molar-refractivity contribution is 0.0656. The maximum Gasteiger partial charge on any atom is 0.371 e. The summed E-state index contributed by atoms with van der Waals surface area (Å²) < 4.78 is 5.06. The molecule has 16 heavy (non-hydrogen) atoms. The van der Waals surface area contributed by atoms with Crippen molar-refractivity contribution in [1.29, 1.82) is 0 Å². The number of hydrogen-bond acceptors (Lipinski definition) is 5. The Kier molecular flexibility index (Phi) is 2.91. The van der Waals surface area contributed by atoms with Crippen LogP contribution in [0, 0.1) is 6.92 Å². The minimum atomic E-state index is -1.09. The highest BCUT2D eigenvalue weighted by Gasteiger charge is 2.10. The van der Waals surface area contributed by atoms with Crippen molar-refractivity contribution < 1.29 is 14.3 Å². The van der Waals surface area contributed by atoms with Crippen molar-refractivity contribution >= 4 is 17.7 Å². The van der Waals surface area contributed by atoms with E-state index in [1.165, 1.54) is 17.8 Å². The number of aromatic nitrogens is 2. The van der Waals surface area contributed by atoms with E-state index in [-0.39, 0.29) is 5.76 Å². The van der Waals surface area contributed by atoms with E-state index in [2.05, 4.69) is 9.97 Å². The van der Waals surface area contributed by atoms with Gasteiger partial charge >= 0.3 is 5.97 Å². The quantitative estimate of drug-likeness (QED) is 0.823. The normalized spacial score (nSPS) is 10.3. The topological polar surface area (TPSA) is 76.2 Å². The Bertz CT molecular complexity index is 507. The average molecular weight is 236 g/mol. The molecule has 0 aromatic carbocycles. The molecule has 0 aliphatic rings. The summed E-state index contributed by atoms with van der Waals surface area (Å²) in [6.07, 6.45) is 3.38. The number of carboxylic acid groups (broad SMARTS) is 1. The van der Waals surface area contributed by atoms with Gasteiger partial charge in [0.05, 0.1) is 0 Å². The van der Waals surface area contributed by atoms with Crippen LogP contribution in [0.1, 0.15) is 16.1 Å². The zero-order chi connectivity index (χ0) is 11.5. The average Bonchev–Trinajstić information content (AvgIpc) is 2.70. The molecule has 2 aromatic rings. The van der Waals surface area contributed by atoms with Gasteiger partial charge in [-0.3, -0.25) is 0 Å². The number of carboxylic acids is 1. The van der Waals surface area contributed by atoms with Gasteiger partial charge in [0.2, 0.25) is 5.76 Å². The Hall–Kier alpha value is -1.82. The van der Waals surface area contributed by atoms with Gasteiger partial charge in [-0.15, -0.1) is 0 Å². The summed E-state index contributed by atoms with van der Waals surface area (Å²) in [5.41, 5.74) is 0.968. The number of aromatic carboxylic acids is 1. The van der Waals surface area contributed by atoms with E-state index >= 15 is 0 Å². The molecule has 82 valence electrons. The summed E-state index contributed by atoms with van der Waals surface area (Å²) in [6, 6.07) is 2.98. The van der Waals surface area contributed by atoms with Crippen LogP contribution < -0.4 is 0 Å². The summed E-state index contributed by atoms with van der Waals surface area (Å²) in [6.45, 7) is 1.89. The van der Waals surface area contributed by atoms with Crippen LogP contribution in [0.5, 0.6) is 0 Å². The summed E-state index contributed by atoms with van der Waals surface area (Å²) in [5, 5.41) is 9.65. The van der Waals surface area contributed by atoms with Crippen molar-refractivity contribution in [2.24, 2.45) is 0 Å². The van der Waals surface area contributed by atoms with E-state index < -0.39 is 5.97 Å². The Labute approximate surface area is 95.5 Å². The van der Waals surface area contributed by atoms with Crippen LogP contribution >= 0.6 is 11.8 Å². The number of hydrogen-bond donors (Lipinski definition) is 1. The van der Waals surface area contributed by atoms with Gasteiger partial charge < -0.3 is 9.52 Å². The summed E-state index contributed by atoms with van der Waals surface area (Å²) in [4.78, 5) is 18.7. The molecular weight excluding hydrogens is 228 g/mol. The predicted molar refractivity (Wildman–Crippen MR) is 56.6 cm³/mol. The van der Waals surface area contributed by atoms with Crippen LogP contribution in [0.25, 0.3) is 0 Å². The first-order valence-electron chi connectivity index (χ1n) is 4.45. The van der Waals surface area contributed by atoms with Gasteiger partial charge in [0.25, 0.3) is 0 Å². The molecule has 0 unspecified atom stereocenters. The lowest BCUT2D eigenvalue weighted by Gasteiger charge is -1.96. The Balaban J connectivity index is 2.14. The first-order valence-corrected chi connectivity index (χ1v) is 5.26. The monoisotopic (exact) mass is 236 g/mol. The first kappa shape index (κ1) is 10.7. The van der Waals surface area contributed by atoms with Crippen molar-refractivity contribution in [1.82, 2.24) is 9.97 Å². The van der Waals surface area contributed by atoms with Gasteiger partial charge in [-0.25, -0.2) is 14.8 Å². The Morgan fingerprint density at radius 3 is 2.62 bits per heavy atom. The molecular formula is C10H8N2O3S.